The number of aliphatic hydroxyl groups excluding tert-OH is 2. The van der Waals surface area contributed by atoms with Gasteiger partial charge < -0.3 is 28.7 Å². The van der Waals surface area contributed by atoms with Crippen molar-refractivity contribution >= 4 is 23.6 Å². The van der Waals surface area contributed by atoms with Gasteiger partial charge in [-0.15, -0.1) is 0 Å². The van der Waals surface area contributed by atoms with E-state index in [0.29, 0.717) is 16.4 Å². The van der Waals surface area contributed by atoms with E-state index in [1.165, 1.54) is 33.9 Å². The molecule has 42 heavy (non-hydrogen) atoms. The van der Waals surface area contributed by atoms with Crippen molar-refractivity contribution < 1.29 is 28.7 Å². The molecule has 3 aromatic rings. The molecule has 0 saturated carbocycles. The van der Waals surface area contributed by atoms with Crippen molar-refractivity contribution in [3.05, 3.63) is 89.7 Å². The topological polar surface area (TPSA) is 200 Å². The Bertz CT molecular complexity index is 1720. The summed E-state index contributed by atoms with van der Waals surface area (Å²) in [5.74, 6) is 0. The van der Waals surface area contributed by atoms with Crippen LogP contribution in [-0.2, 0) is 30.3 Å². The number of rotatable bonds is 9. The van der Waals surface area contributed by atoms with E-state index in [0.717, 1.165) is 0 Å². The number of nitrogens with zero attached hydrogens (tertiary/aromatic N) is 3. The van der Waals surface area contributed by atoms with Gasteiger partial charge in [0.2, 0.25) is 6.49 Å². The molecule has 2 aliphatic heterocycles. The van der Waals surface area contributed by atoms with Crippen molar-refractivity contribution in [1.29, 1.82) is 0 Å². The number of aromatic amines is 2. The zero-order valence-corrected chi connectivity index (χ0v) is 24.3. The van der Waals surface area contributed by atoms with Crippen LogP contribution < -0.4 is 27.8 Å². The van der Waals surface area contributed by atoms with Crippen LogP contribution in [0.4, 0.5) is 0 Å². The monoisotopic (exact) mass is 623 g/mol. The number of ether oxygens (including phenoxy) is 2. The number of hydrogen-bond acceptors (Lipinski definition) is 12. The Balaban J connectivity index is 1.35. The fraction of sp³-hybridized carbons (Fsp3) is 0.480. The van der Waals surface area contributed by atoms with Crippen LogP contribution in [0.2, 0.25) is 0 Å². The maximum atomic E-state index is 12.5. The van der Waals surface area contributed by atoms with Crippen LogP contribution in [0.25, 0.3) is 0 Å². The van der Waals surface area contributed by atoms with E-state index in [2.05, 4.69) is 15.0 Å². The average molecular weight is 624 g/mol. The lowest BCUT2D eigenvalue weighted by molar-refractivity contribution is -0.0490. The van der Waals surface area contributed by atoms with Crippen LogP contribution >= 0.6 is 6.49 Å². The standard InChI is InChI=1S/C25H30N5O10PS/c1-13-9-29(24(35)27-22(13)33)20-7-16(32)19(39-20)12-37-41(42,15-3-5-26-6-4-15)40-17-8-21(38-18(17)11-31)30-10-14(2)23(34)28-25(30)36/h3-6,9-10,16-21,31-32H,7-8,11-12H2,1-2H3,(H,27,33,35)(H,28,34,36)/t16-,17-,18+,19+,20+,21+,41+/m0/s1. The fourth-order valence-electron chi connectivity index (χ4n) is 4.82. The summed E-state index contributed by atoms with van der Waals surface area (Å²) in [4.78, 5) is 56.8. The van der Waals surface area contributed by atoms with Gasteiger partial charge >= 0.3 is 11.4 Å². The number of nitrogens with one attached hydrogen (secondary N) is 2. The van der Waals surface area contributed by atoms with Gasteiger partial charge in [-0.3, -0.25) is 33.7 Å². The maximum Gasteiger partial charge on any atom is 0.330 e. The molecule has 5 rings (SSSR count). The van der Waals surface area contributed by atoms with E-state index in [9.17, 15) is 29.4 Å². The molecular formula is C25H30N5O10PS. The minimum absolute atomic E-state index is 0.0659. The highest BCUT2D eigenvalue weighted by Gasteiger charge is 2.42. The average Bonchev–Trinajstić information content (AvgIpc) is 3.54. The third-order valence-electron chi connectivity index (χ3n) is 7.14. The first-order chi connectivity index (χ1) is 20.0. The molecule has 17 heteroatoms. The van der Waals surface area contributed by atoms with Gasteiger partial charge in [0.05, 0.1) is 25.4 Å². The van der Waals surface area contributed by atoms with Crippen LogP contribution in [0.15, 0.2) is 56.1 Å². The smallest absolute Gasteiger partial charge is 0.330 e. The molecule has 226 valence electrons. The van der Waals surface area contributed by atoms with Gasteiger partial charge in [-0.25, -0.2) is 9.59 Å². The molecule has 0 unspecified atom stereocenters. The number of hydrogen-bond donors (Lipinski definition) is 4. The summed E-state index contributed by atoms with van der Waals surface area (Å²) in [6.45, 7) is -0.903. The zero-order chi connectivity index (χ0) is 30.2. The predicted molar refractivity (Wildman–Crippen MR) is 151 cm³/mol. The van der Waals surface area contributed by atoms with Gasteiger partial charge in [-0.1, -0.05) is 0 Å². The molecule has 7 atom stereocenters. The molecule has 2 saturated heterocycles. The number of aliphatic hydroxyl groups is 2. The Morgan fingerprint density at radius 1 is 0.976 bits per heavy atom. The molecule has 3 aromatic heterocycles. The normalized spacial score (nSPS) is 27.2. The summed E-state index contributed by atoms with van der Waals surface area (Å²) < 4.78 is 26.8. The molecule has 0 aromatic carbocycles. The second-order valence-electron chi connectivity index (χ2n) is 10.1. The Morgan fingerprint density at radius 3 is 2.10 bits per heavy atom. The maximum absolute atomic E-state index is 12.5. The Kier molecular flexibility index (Phi) is 8.87. The summed E-state index contributed by atoms with van der Waals surface area (Å²) in [6, 6.07) is 3.27. The summed E-state index contributed by atoms with van der Waals surface area (Å²) in [5.41, 5.74) is -1.75. The molecule has 0 amide bonds. The first-order valence-corrected chi connectivity index (χ1v) is 15.7. The zero-order valence-electron chi connectivity index (χ0n) is 22.6. The highest BCUT2D eigenvalue weighted by Crippen LogP contribution is 2.52. The van der Waals surface area contributed by atoms with E-state index in [1.807, 2.05) is 0 Å². The minimum atomic E-state index is -3.36. The van der Waals surface area contributed by atoms with E-state index in [1.54, 1.807) is 26.0 Å². The van der Waals surface area contributed by atoms with Gasteiger partial charge in [0.25, 0.3) is 11.1 Å². The van der Waals surface area contributed by atoms with Crippen molar-refractivity contribution in [2.45, 2.75) is 63.6 Å². The van der Waals surface area contributed by atoms with Crippen molar-refractivity contribution in [2.75, 3.05) is 13.2 Å². The second-order valence-corrected chi connectivity index (χ2v) is 13.5. The fourth-order valence-corrected chi connectivity index (χ4v) is 7.46. The molecule has 5 heterocycles. The van der Waals surface area contributed by atoms with Crippen LogP contribution in [0.3, 0.4) is 0 Å². The van der Waals surface area contributed by atoms with Crippen LogP contribution in [0.1, 0.15) is 36.4 Å². The summed E-state index contributed by atoms with van der Waals surface area (Å²) in [6.07, 6.45) is 0.692. The Hall–Kier alpha value is -3.08. The molecule has 2 fully saturated rings. The largest absolute Gasteiger partial charge is 0.394 e. The summed E-state index contributed by atoms with van der Waals surface area (Å²) >= 11 is 5.93. The van der Waals surface area contributed by atoms with Gasteiger partial charge in [0.15, 0.2) is 0 Å². The molecule has 0 radical (unpaired) electrons. The number of pyridine rings is 1. The quantitative estimate of drug-likeness (QED) is 0.214. The lowest BCUT2D eigenvalue weighted by Crippen LogP contribution is -2.33. The van der Waals surface area contributed by atoms with Gasteiger partial charge in [0, 0.05) is 54.1 Å². The third kappa shape index (κ3) is 6.16. The third-order valence-corrected chi connectivity index (χ3v) is 10.3. The highest BCUT2D eigenvalue weighted by molar-refractivity contribution is 8.13. The molecule has 4 N–H and O–H groups in total. The van der Waals surface area contributed by atoms with Crippen molar-refractivity contribution in [3.63, 3.8) is 0 Å². The van der Waals surface area contributed by atoms with Crippen LogP contribution in [0, 0.1) is 13.8 Å². The first kappa shape index (κ1) is 30.4. The molecule has 0 aliphatic carbocycles. The highest BCUT2D eigenvalue weighted by atomic mass is 32.5. The van der Waals surface area contributed by atoms with E-state index in [4.69, 9.17) is 30.3 Å². The second kappa shape index (κ2) is 12.3. The van der Waals surface area contributed by atoms with Crippen molar-refractivity contribution in [3.8, 4) is 0 Å². The molecule has 15 nitrogen and oxygen atoms in total. The van der Waals surface area contributed by atoms with Crippen LogP contribution in [-0.4, -0.2) is 71.9 Å². The lowest BCUT2D eigenvalue weighted by atomic mass is 10.2. The van der Waals surface area contributed by atoms with E-state index in [-0.39, 0.29) is 19.4 Å². The van der Waals surface area contributed by atoms with Gasteiger partial charge in [0.1, 0.15) is 24.7 Å². The molecule has 0 spiro atoms. The predicted octanol–water partition coefficient (Wildman–Crippen LogP) is -0.936. The Morgan fingerprint density at radius 2 is 1.52 bits per heavy atom. The molecule has 2 aliphatic rings. The molecule has 0 bridgehead atoms. The SMILES string of the molecule is Cc1cn([C@H]2C[C@H](O[P@](=S)(OC[C@H]3O[C@@H](n4cc(C)c(=O)[nH]c4=O)C[C@@H]3O)c3ccncc3)[C@@H](CO)O2)c(=O)[nH]c1=O. The summed E-state index contributed by atoms with van der Waals surface area (Å²) in [7, 11) is 0. The van der Waals surface area contributed by atoms with E-state index >= 15 is 0 Å². The van der Waals surface area contributed by atoms with Crippen LogP contribution in [0.5, 0.6) is 0 Å². The minimum Gasteiger partial charge on any atom is -0.394 e. The van der Waals surface area contributed by atoms with Gasteiger partial charge in [-0.2, -0.15) is 0 Å². The molecular weight excluding hydrogens is 593 g/mol. The Labute approximate surface area is 242 Å². The van der Waals surface area contributed by atoms with Crippen molar-refractivity contribution in [2.24, 2.45) is 0 Å². The first-order valence-electron chi connectivity index (χ1n) is 13.1. The number of H-pyrrole nitrogens is 2. The number of aryl methyl sites for hydroxylation is 2. The lowest BCUT2D eigenvalue weighted by Gasteiger charge is -2.29. The van der Waals surface area contributed by atoms with Gasteiger partial charge in [-0.05, 0) is 37.8 Å². The number of aromatic nitrogens is 5. The van der Waals surface area contributed by atoms with Crippen molar-refractivity contribution in [1.82, 2.24) is 24.1 Å². The summed E-state index contributed by atoms with van der Waals surface area (Å²) in [5, 5.41) is 21.3. The van der Waals surface area contributed by atoms with E-state index < -0.39 is 72.5 Å².